The molecule has 0 saturated heterocycles. The van der Waals surface area contributed by atoms with Gasteiger partial charge < -0.3 is 24.0 Å². The Bertz CT molecular complexity index is 442. The summed E-state index contributed by atoms with van der Waals surface area (Å²) in [6.07, 6.45) is 0. The van der Waals surface area contributed by atoms with Crippen molar-refractivity contribution < 1.29 is 58.6 Å². The predicted molar refractivity (Wildman–Crippen MR) is 49.7 cm³/mol. The standard InChI is InChI=1S/C7H7IN3O5.HI/c1-8-9(12)6-3-2-5(10(13)14)4-7(6)11(15)16;/h2-4,9H,1H3;1H/q-1;/p-1. The molecule has 0 heterocycles. The minimum Gasteiger partial charge on any atom is -1.00 e. The number of nitro benzene ring substituents is 2. The van der Waals surface area contributed by atoms with E-state index in [1.165, 1.54) is 0 Å². The van der Waals surface area contributed by atoms with Crippen LogP contribution >= 0.6 is 0 Å². The molecular formula is C7H7I2N3O5-2. The van der Waals surface area contributed by atoms with Crippen molar-refractivity contribution in [2.75, 3.05) is 4.93 Å². The maximum Gasteiger partial charge on any atom is -1.00 e. The number of rotatable bonds is 4. The van der Waals surface area contributed by atoms with Crippen LogP contribution < -0.4 is 48.7 Å². The SMILES string of the molecule is C[I-][NH+]([O-])c1ccc([N+](=O)[O-])cc1[N+](=O)[O-].[I-]. The van der Waals surface area contributed by atoms with Crippen LogP contribution in [-0.4, -0.2) is 14.8 Å². The topological polar surface area (TPSA) is 114 Å². The van der Waals surface area contributed by atoms with E-state index in [-0.39, 0.29) is 32.9 Å². The third-order valence-corrected chi connectivity index (χ3v) is 3.33. The van der Waals surface area contributed by atoms with Crippen molar-refractivity contribution in [3.05, 3.63) is 43.6 Å². The van der Waals surface area contributed by atoms with Gasteiger partial charge >= 0.3 is 100 Å². The van der Waals surface area contributed by atoms with Crippen LogP contribution in [-0.2, 0) is 0 Å². The summed E-state index contributed by atoms with van der Waals surface area (Å²) < 4.78 is -0.305. The Hall–Kier alpha value is -0.600. The van der Waals surface area contributed by atoms with E-state index >= 15 is 0 Å². The first-order valence-electron chi connectivity index (χ1n) is 3.94. The number of nitro groups is 2. The van der Waals surface area contributed by atoms with Gasteiger partial charge in [0.2, 0.25) is 0 Å². The average molecular weight is 467 g/mol. The Balaban J connectivity index is 0.00000256. The summed E-state index contributed by atoms with van der Waals surface area (Å²) in [5, 5.41) is 32.5. The van der Waals surface area contributed by atoms with Crippen molar-refractivity contribution in [2.45, 2.75) is 0 Å². The van der Waals surface area contributed by atoms with Gasteiger partial charge in [0.05, 0.1) is 0 Å². The van der Waals surface area contributed by atoms with Gasteiger partial charge in [0, 0.05) is 0 Å². The molecule has 0 fully saturated rings. The van der Waals surface area contributed by atoms with Crippen LogP contribution in [0.4, 0.5) is 17.1 Å². The molecular weight excluding hydrogens is 460 g/mol. The zero-order valence-electron chi connectivity index (χ0n) is 8.42. The Labute approximate surface area is 123 Å². The van der Waals surface area contributed by atoms with Crippen molar-refractivity contribution in [1.29, 1.82) is 0 Å². The molecule has 0 spiro atoms. The number of non-ortho nitro benzene ring substituents is 1. The van der Waals surface area contributed by atoms with Crippen LogP contribution in [0.5, 0.6) is 0 Å². The molecule has 8 nitrogen and oxygen atoms in total. The molecule has 96 valence electrons. The first-order valence-corrected chi connectivity index (χ1v) is 7.17. The monoisotopic (exact) mass is 467 g/mol. The number of halogens is 2. The molecule has 0 radical (unpaired) electrons. The normalized spacial score (nSPS) is 11.6. The van der Waals surface area contributed by atoms with E-state index in [1.54, 1.807) is 4.93 Å². The zero-order chi connectivity index (χ0) is 12.3. The van der Waals surface area contributed by atoms with Crippen molar-refractivity contribution in [2.24, 2.45) is 0 Å². The van der Waals surface area contributed by atoms with E-state index in [9.17, 15) is 25.4 Å². The van der Waals surface area contributed by atoms with E-state index in [0.29, 0.717) is 0 Å². The number of nitrogens with zero attached hydrogens (tertiary/aromatic N) is 2. The number of hydrogen-bond donors (Lipinski definition) is 1. The van der Waals surface area contributed by atoms with Crippen LogP contribution in [0.15, 0.2) is 18.2 Å². The summed E-state index contributed by atoms with van der Waals surface area (Å²) in [5.41, 5.74) is -0.941. The summed E-state index contributed by atoms with van der Waals surface area (Å²) in [5.74, 6) is 0. The third-order valence-electron chi connectivity index (χ3n) is 1.77. The zero-order valence-corrected chi connectivity index (χ0v) is 12.7. The van der Waals surface area contributed by atoms with Gasteiger partial charge in [0.25, 0.3) is 0 Å². The van der Waals surface area contributed by atoms with Crippen LogP contribution in [0.2, 0.25) is 0 Å². The molecule has 17 heavy (non-hydrogen) atoms. The van der Waals surface area contributed by atoms with Crippen molar-refractivity contribution in [3.8, 4) is 0 Å². The van der Waals surface area contributed by atoms with Crippen molar-refractivity contribution in [3.63, 3.8) is 0 Å². The number of hydrogen-bond acceptors (Lipinski definition) is 5. The first kappa shape index (κ1) is 16.4. The van der Waals surface area contributed by atoms with Gasteiger partial charge in [-0.2, -0.15) is 0 Å². The minimum atomic E-state index is -0.815. The summed E-state index contributed by atoms with van der Waals surface area (Å²) in [6, 6.07) is 3.05. The van der Waals surface area contributed by atoms with E-state index in [0.717, 1.165) is 18.2 Å². The fraction of sp³-hybridized carbons (Fsp3) is 0.143. The van der Waals surface area contributed by atoms with Gasteiger partial charge in [0.15, 0.2) is 0 Å². The van der Waals surface area contributed by atoms with Gasteiger partial charge in [-0.3, -0.25) is 0 Å². The second-order valence-electron chi connectivity index (χ2n) is 2.68. The quantitative estimate of drug-likeness (QED) is 0.156. The van der Waals surface area contributed by atoms with Crippen LogP contribution in [0.25, 0.3) is 0 Å². The maximum atomic E-state index is 11.4. The molecule has 10 heteroatoms. The first-order chi connectivity index (χ1) is 7.47. The number of quaternary nitrogens is 1. The van der Waals surface area contributed by atoms with Crippen molar-refractivity contribution in [1.82, 2.24) is 0 Å². The summed E-state index contributed by atoms with van der Waals surface area (Å²) in [6.45, 7) is 0. The second kappa shape index (κ2) is 6.97. The van der Waals surface area contributed by atoms with Crippen LogP contribution in [0, 0.1) is 25.4 Å². The summed E-state index contributed by atoms with van der Waals surface area (Å²) in [4.78, 5) is 21.3. The fourth-order valence-corrected chi connectivity index (χ4v) is 2.09. The second-order valence-corrected chi connectivity index (χ2v) is 4.74. The van der Waals surface area contributed by atoms with Gasteiger partial charge in [-0.15, -0.1) is 0 Å². The Morgan fingerprint density at radius 2 is 1.82 bits per heavy atom. The summed E-state index contributed by atoms with van der Waals surface area (Å²) in [7, 11) is 0. The van der Waals surface area contributed by atoms with E-state index < -0.39 is 42.7 Å². The van der Waals surface area contributed by atoms with Gasteiger partial charge in [-0.25, -0.2) is 0 Å². The Morgan fingerprint density at radius 3 is 2.24 bits per heavy atom. The molecule has 1 unspecified atom stereocenters. The molecule has 0 saturated carbocycles. The fourth-order valence-electron chi connectivity index (χ4n) is 1.05. The molecule has 0 amide bonds. The third kappa shape index (κ3) is 3.97. The number of alkyl halides is 1. The summed E-state index contributed by atoms with van der Waals surface area (Å²) >= 11 is -0.815. The van der Waals surface area contributed by atoms with Crippen molar-refractivity contribution >= 4 is 17.1 Å². The smallest absolute Gasteiger partial charge is 1.00 e. The average Bonchev–Trinajstić information content (AvgIpc) is 2.26. The van der Waals surface area contributed by atoms with Gasteiger partial charge in [-0.1, -0.05) is 0 Å². The molecule has 0 aromatic heterocycles. The van der Waals surface area contributed by atoms with Gasteiger partial charge in [0.1, 0.15) is 0 Å². The number of benzene rings is 1. The van der Waals surface area contributed by atoms with E-state index in [2.05, 4.69) is 0 Å². The molecule has 1 atom stereocenters. The molecule has 1 rings (SSSR count). The Morgan fingerprint density at radius 1 is 1.24 bits per heavy atom. The molecule has 1 aromatic rings. The predicted octanol–water partition coefficient (Wildman–Crippen LogP) is -5.84. The van der Waals surface area contributed by atoms with Gasteiger partial charge in [-0.05, 0) is 0 Å². The number of nitrogens with one attached hydrogen (secondary N) is 1. The van der Waals surface area contributed by atoms with Crippen LogP contribution in [0.1, 0.15) is 0 Å². The largest absolute Gasteiger partial charge is 1.00 e. The maximum absolute atomic E-state index is 11.4. The molecule has 1 aromatic carbocycles. The van der Waals surface area contributed by atoms with E-state index in [4.69, 9.17) is 0 Å². The molecule has 0 aliphatic heterocycles. The molecule has 0 bridgehead atoms. The molecule has 0 aliphatic rings. The van der Waals surface area contributed by atoms with E-state index in [1.807, 2.05) is 0 Å². The molecule has 1 N–H and O–H groups in total. The van der Waals surface area contributed by atoms with Crippen LogP contribution in [0.3, 0.4) is 0 Å². The minimum absolute atomic E-state index is 0. The Kier molecular flexibility index (Phi) is 6.73. The molecule has 0 aliphatic carbocycles.